The second-order valence-corrected chi connectivity index (χ2v) is 6.62. The molecule has 2 aliphatic heterocycles. The Hall–Kier alpha value is -2.72. The first kappa shape index (κ1) is 14.6. The van der Waals surface area contributed by atoms with Crippen molar-refractivity contribution >= 4 is 17.3 Å². The lowest BCUT2D eigenvalue weighted by molar-refractivity contribution is -0.0190. The van der Waals surface area contributed by atoms with Crippen molar-refractivity contribution in [2.75, 3.05) is 0 Å². The molecule has 5 heteroatoms. The van der Waals surface area contributed by atoms with Crippen LogP contribution < -0.4 is 4.74 Å². The van der Waals surface area contributed by atoms with E-state index in [1.165, 1.54) is 0 Å². The van der Waals surface area contributed by atoms with E-state index in [4.69, 9.17) is 25.9 Å². The molecule has 25 heavy (non-hydrogen) atoms. The van der Waals surface area contributed by atoms with Gasteiger partial charge in [-0.1, -0.05) is 41.9 Å². The second-order valence-electron chi connectivity index (χ2n) is 6.18. The summed E-state index contributed by atoms with van der Waals surface area (Å²) in [6.07, 6.45) is 2.18. The van der Waals surface area contributed by atoms with Crippen LogP contribution >= 0.6 is 11.6 Å². The molecule has 0 aliphatic carbocycles. The zero-order valence-corrected chi connectivity index (χ0v) is 14.1. The number of halogens is 1. The van der Waals surface area contributed by atoms with Gasteiger partial charge in [-0.2, -0.15) is 5.10 Å². The predicted molar refractivity (Wildman–Crippen MR) is 95.7 cm³/mol. The van der Waals surface area contributed by atoms with Crippen LogP contribution in [0.1, 0.15) is 35.6 Å². The fourth-order valence-corrected chi connectivity index (χ4v) is 3.60. The van der Waals surface area contributed by atoms with E-state index in [1.54, 1.807) is 6.26 Å². The molecule has 0 N–H and O–H groups in total. The van der Waals surface area contributed by atoms with Gasteiger partial charge in [0, 0.05) is 22.6 Å². The molecule has 0 bridgehead atoms. The summed E-state index contributed by atoms with van der Waals surface area (Å²) in [5.74, 6) is 1.71. The van der Waals surface area contributed by atoms with E-state index in [-0.39, 0.29) is 12.3 Å². The van der Waals surface area contributed by atoms with Gasteiger partial charge in [0.05, 0.1) is 12.3 Å². The Morgan fingerprint density at radius 2 is 1.84 bits per heavy atom. The first-order valence-electron chi connectivity index (χ1n) is 8.20. The Balaban J connectivity index is 1.60. The Kier molecular flexibility index (Phi) is 3.31. The van der Waals surface area contributed by atoms with Gasteiger partial charge in [0.2, 0.25) is 6.23 Å². The molecule has 124 valence electrons. The van der Waals surface area contributed by atoms with Gasteiger partial charge in [-0.3, -0.25) is 0 Å². The van der Waals surface area contributed by atoms with Crippen LogP contribution in [0.25, 0.3) is 0 Å². The van der Waals surface area contributed by atoms with Crippen LogP contribution in [0.3, 0.4) is 0 Å². The number of hydrogen-bond acceptors (Lipinski definition) is 4. The molecule has 2 aliphatic rings. The predicted octanol–water partition coefficient (Wildman–Crippen LogP) is 5.18. The van der Waals surface area contributed by atoms with Crippen molar-refractivity contribution in [3.8, 4) is 5.75 Å². The lowest BCUT2D eigenvalue weighted by atomic mass is 9.97. The van der Waals surface area contributed by atoms with E-state index >= 15 is 0 Å². The highest BCUT2D eigenvalue weighted by atomic mass is 35.5. The van der Waals surface area contributed by atoms with Crippen LogP contribution in [-0.4, -0.2) is 10.7 Å². The SMILES string of the molecule is Clc1ccc([C@H]2Oc3ccccc3[C@@H]3CC(c4ccco4)=NN23)cc1. The lowest BCUT2D eigenvalue weighted by Gasteiger charge is -2.38. The van der Waals surface area contributed by atoms with Gasteiger partial charge in [0.1, 0.15) is 17.2 Å². The maximum atomic E-state index is 6.28. The van der Waals surface area contributed by atoms with Gasteiger partial charge in [-0.15, -0.1) is 0 Å². The van der Waals surface area contributed by atoms with Crippen LogP contribution in [0.5, 0.6) is 5.75 Å². The molecule has 0 radical (unpaired) electrons. The Morgan fingerprint density at radius 3 is 2.64 bits per heavy atom. The monoisotopic (exact) mass is 350 g/mol. The van der Waals surface area contributed by atoms with E-state index in [2.05, 4.69) is 6.07 Å². The molecule has 1 aromatic heterocycles. The molecule has 3 aromatic rings. The number of hydrazone groups is 1. The summed E-state index contributed by atoms with van der Waals surface area (Å²) in [4.78, 5) is 0. The Morgan fingerprint density at radius 1 is 1.00 bits per heavy atom. The quantitative estimate of drug-likeness (QED) is 0.639. The van der Waals surface area contributed by atoms with Gasteiger partial charge in [0.25, 0.3) is 0 Å². The first-order valence-corrected chi connectivity index (χ1v) is 8.58. The zero-order valence-electron chi connectivity index (χ0n) is 13.3. The highest BCUT2D eigenvalue weighted by molar-refractivity contribution is 6.30. The Labute approximate surface area is 150 Å². The molecule has 2 atom stereocenters. The van der Waals surface area contributed by atoms with E-state index in [9.17, 15) is 0 Å². The maximum absolute atomic E-state index is 6.28. The van der Waals surface area contributed by atoms with Gasteiger partial charge < -0.3 is 9.15 Å². The number of hydrogen-bond donors (Lipinski definition) is 0. The summed E-state index contributed by atoms with van der Waals surface area (Å²) < 4.78 is 11.8. The van der Waals surface area contributed by atoms with Crippen molar-refractivity contribution in [1.82, 2.24) is 5.01 Å². The first-order chi connectivity index (χ1) is 12.3. The van der Waals surface area contributed by atoms with Crippen molar-refractivity contribution in [2.24, 2.45) is 5.10 Å². The van der Waals surface area contributed by atoms with Crippen molar-refractivity contribution in [3.05, 3.63) is 88.8 Å². The number of ether oxygens (including phenoxy) is 1. The van der Waals surface area contributed by atoms with Crippen molar-refractivity contribution in [2.45, 2.75) is 18.7 Å². The van der Waals surface area contributed by atoms with E-state index in [1.807, 2.05) is 59.6 Å². The standard InChI is InChI=1S/C20H15ClN2O2/c21-14-9-7-13(8-10-14)20-23-17(15-4-1-2-5-18(15)25-20)12-16(22-23)19-6-3-11-24-19/h1-11,17,20H,12H2/t17-,20+/m0/s1. The minimum atomic E-state index is -0.287. The minimum Gasteiger partial charge on any atom is -0.464 e. The third kappa shape index (κ3) is 2.41. The van der Waals surface area contributed by atoms with Gasteiger partial charge in [-0.25, -0.2) is 5.01 Å². The largest absolute Gasteiger partial charge is 0.464 e. The van der Waals surface area contributed by atoms with Crippen LogP contribution in [0.15, 0.2) is 76.4 Å². The second kappa shape index (κ2) is 5.67. The fraction of sp³-hybridized carbons (Fsp3) is 0.150. The normalized spacial score (nSPS) is 21.3. The summed E-state index contributed by atoms with van der Waals surface area (Å²) in [5, 5.41) is 7.57. The molecule has 5 rings (SSSR count). The molecular weight excluding hydrogens is 336 g/mol. The van der Waals surface area contributed by atoms with Crippen molar-refractivity contribution in [1.29, 1.82) is 0 Å². The molecule has 0 saturated carbocycles. The minimum absolute atomic E-state index is 0.130. The van der Waals surface area contributed by atoms with Crippen molar-refractivity contribution in [3.63, 3.8) is 0 Å². The summed E-state index contributed by atoms with van der Waals surface area (Å²) in [6, 6.07) is 19.8. The number of para-hydroxylation sites is 1. The van der Waals surface area contributed by atoms with Crippen LogP contribution in [-0.2, 0) is 0 Å². The molecule has 0 fully saturated rings. The molecule has 0 amide bonds. The number of benzene rings is 2. The molecule has 3 heterocycles. The number of furan rings is 1. The number of fused-ring (bicyclic) bond motifs is 3. The van der Waals surface area contributed by atoms with E-state index in [0.717, 1.165) is 34.8 Å². The third-order valence-electron chi connectivity index (χ3n) is 4.66. The van der Waals surface area contributed by atoms with Gasteiger partial charge in [-0.05, 0) is 30.3 Å². The zero-order chi connectivity index (χ0) is 16.8. The average Bonchev–Trinajstić information content (AvgIpc) is 3.31. The average molecular weight is 351 g/mol. The number of rotatable bonds is 2. The van der Waals surface area contributed by atoms with Crippen LogP contribution in [0, 0.1) is 0 Å². The van der Waals surface area contributed by atoms with Crippen LogP contribution in [0.2, 0.25) is 5.02 Å². The molecule has 0 saturated heterocycles. The summed E-state index contributed by atoms with van der Waals surface area (Å²) in [5.41, 5.74) is 3.11. The highest BCUT2D eigenvalue weighted by Gasteiger charge is 2.41. The van der Waals surface area contributed by atoms with Gasteiger partial charge >= 0.3 is 0 Å². The fourth-order valence-electron chi connectivity index (χ4n) is 3.47. The third-order valence-corrected chi connectivity index (χ3v) is 4.91. The summed E-state index contributed by atoms with van der Waals surface area (Å²) >= 11 is 6.04. The summed E-state index contributed by atoms with van der Waals surface area (Å²) in [7, 11) is 0. The topological polar surface area (TPSA) is 38.0 Å². The molecular formula is C20H15ClN2O2. The summed E-state index contributed by atoms with van der Waals surface area (Å²) in [6.45, 7) is 0. The van der Waals surface area contributed by atoms with Crippen molar-refractivity contribution < 1.29 is 9.15 Å². The van der Waals surface area contributed by atoms with Gasteiger partial charge in [0.15, 0.2) is 0 Å². The molecule has 0 spiro atoms. The smallest absolute Gasteiger partial charge is 0.213 e. The molecule has 0 unspecified atom stereocenters. The lowest BCUT2D eigenvalue weighted by Crippen LogP contribution is -2.33. The maximum Gasteiger partial charge on any atom is 0.213 e. The van der Waals surface area contributed by atoms with Crippen LogP contribution in [0.4, 0.5) is 0 Å². The highest BCUT2D eigenvalue weighted by Crippen LogP contribution is 2.47. The molecule has 2 aromatic carbocycles. The van der Waals surface area contributed by atoms with E-state index in [0.29, 0.717) is 5.02 Å². The molecule has 4 nitrogen and oxygen atoms in total. The Bertz CT molecular complexity index is 935. The van der Waals surface area contributed by atoms with E-state index < -0.39 is 0 Å². The number of nitrogens with zero attached hydrogens (tertiary/aromatic N) is 2.